The molecule has 1 rings (SSSR count). The summed E-state index contributed by atoms with van der Waals surface area (Å²) in [5.74, 6) is 0.142. The van der Waals surface area contributed by atoms with Crippen LogP contribution < -0.4 is 0 Å². The van der Waals surface area contributed by atoms with Crippen molar-refractivity contribution in [3.05, 3.63) is 35.4 Å². The molecule has 0 fully saturated rings. The van der Waals surface area contributed by atoms with Crippen molar-refractivity contribution in [3.8, 4) is 0 Å². The second-order valence-electron chi connectivity index (χ2n) is 4.11. The second-order valence-corrected chi connectivity index (χ2v) is 4.90. The van der Waals surface area contributed by atoms with Crippen LogP contribution in [0.4, 0.5) is 0 Å². The van der Waals surface area contributed by atoms with Crippen LogP contribution in [0, 0.1) is 0 Å². The van der Waals surface area contributed by atoms with E-state index in [0.717, 1.165) is 17.3 Å². The molecule has 1 nitrogen and oxygen atoms in total. The minimum absolute atomic E-state index is 0.142. The molecule has 0 aliphatic carbocycles. The Morgan fingerprint density at radius 1 is 1.06 bits per heavy atom. The van der Waals surface area contributed by atoms with Gasteiger partial charge in [-0.05, 0) is 31.7 Å². The number of carbonyl (C=O) groups excluding carboxylic acids is 1. The van der Waals surface area contributed by atoms with Crippen molar-refractivity contribution in [2.45, 2.75) is 39.0 Å². The normalized spacial score (nSPS) is 10.4. The summed E-state index contributed by atoms with van der Waals surface area (Å²) in [5.41, 5.74) is 2.15. The van der Waals surface area contributed by atoms with Gasteiger partial charge in [0.15, 0.2) is 5.78 Å². The van der Waals surface area contributed by atoms with E-state index in [1.165, 1.54) is 31.2 Å². The zero-order valence-corrected chi connectivity index (χ0v) is 11.4. The van der Waals surface area contributed by atoms with Crippen LogP contribution in [0.2, 0.25) is 0 Å². The molecule has 0 unspecified atom stereocenters. The summed E-state index contributed by atoms with van der Waals surface area (Å²) >= 11 is 3.44. The highest BCUT2D eigenvalue weighted by Gasteiger charge is 1.98. The van der Waals surface area contributed by atoms with Gasteiger partial charge < -0.3 is 0 Å². The van der Waals surface area contributed by atoms with E-state index in [9.17, 15) is 4.79 Å². The van der Waals surface area contributed by atoms with E-state index in [1.807, 2.05) is 12.1 Å². The van der Waals surface area contributed by atoms with Gasteiger partial charge in [-0.2, -0.15) is 0 Å². The van der Waals surface area contributed by atoms with Crippen molar-refractivity contribution >= 4 is 21.7 Å². The standard InChI is InChI=1S/C14H19BrO/c1-12(16)14-9-7-13(8-10-14)6-4-2-3-5-11-15/h7-10H,2-6,11H2,1H3. The smallest absolute Gasteiger partial charge is 0.159 e. The van der Waals surface area contributed by atoms with E-state index in [4.69, 9.17) is 0 Å². The molecular formula is C14H19BrO. The van der Waals surface area contributed by atoms with Crippen molar-refractivity contribution < 1.29 is 4.79 Å². The first-order valence-electron chi connectivity index (χ1n) is 5.90. The van der Waals surface area contributed by atoms with Gasteiger partial charge in [0.25, 0.3) is 0 Å². The van der Waals surface area contributed by atoms with Crippen LogP contribution in [0.1, 0.15) is 48.5 Å². The van der Waals surface area contributed by atoms with E-state index in [-0.39, 0.29) is 5.78 Å². The van der Waals surface area contributed by atoms with E-state index >= 15 is 0 Å². The number of hydrogen-bond donors (Lipinski definition) is 0. The Morgan fingerprint density at radius 3 is 2.25 bits per heavy atom. The summed E-state index contributed by atoms with van der Waals surface area (Å²) in [5, 5.41) is 1.11. The Kier molecular flexibility index (Phi) is 6.39. The first kappa shape index (κ1) is 13.4. The maximum absolute atomic E-state index is 11.1. The lowest BCUT2D eigenvalue weighted by Gasteiger charge is -2.02. The van der Waals surface area contributed by atoms with Crippen LogP contribution in [0.25, 0.3) is 0 Å². The highest BCUT2D eigenvalue weighted by molar-refractivity contribution is 9.09. The molecule has 0 atom stereocenters. The highest BCUT2D eigenvalue weighted by Crippen LogP contribution is 2.10. The highest BCUT2D eigenvalue weighted by atomic mass is 79.9. The molecule has 0 aromatic heterocycles. The van der Waals surface area contributed by atoms with Crippen LogP contribution in [-0.2, 0) is 6.42 Å². The van der Waals surface area contributed by atoms with Gasteiger partial charge in [-0.1, -0.05) is 53.0 Å². The third kappa shape index (κ3) is 4.93. The van der Waals surface area contributed by atoms with Gasteiger partial charge in [0, 0.05) is 10.9 Å². The third-order valence-electron chi connectivity index (χ3n) is 2.71. The quantitative estimate of drug-likeness (QED) is 0.412. The van der Waals surface area contributed by atoms with Gasteiger partial charge in [0.1, 0.15) is 0 Å². The Morgan fingerprint density at radius 2 is 1.69 bits per heavy atom. The van der Waals surface area contributed by atoms with Crippen LogP contribution in [0.5, 0.6) is 0 Å². The molecule has 1 aromatic rings. The summed E-state index contributed by atoms with van der Waals surface area (Å²) in [7, 11) is 0. The van der Waals surface area contributed by atoms with E-state index in [2.05, 4.69) is 28.1 Å². The number of benzene rings is 1. The number of aryl methyl sites for hydroxylation is 1. The summed E-state index contributed by atoms with van der Waals surface area (Å²) < 4.78 is 0. The summed E-state index contributed by atoms with van der Waals surface area (Å²) in [4.78, 5) is 11.1. The average molecular weight is 283 g/mol. The molecule has 0 heterocycles. The number of ketones is 1. The zero-order valence-electron chi connectivity index (χ0n) is 9.84. The average Bonchev–Trinajstić information content (AvgIpc) is 2.29. The molecule has 0 bridgehead atoms. The molecule has 88 valence electrons. The largest absolute Gasteiger partial charge is 0.295 e. The fourth-order valence-corrected chi connectivity index (χ4v) is 2.08. The van der Waals surface area contributed by atoms with Crippen molar-refractivity contribution in [1.29, 1.82) is 0 Å². The molecule has 0 saturated heterocycles. The molecule has 0 radical (unpaired) electrons. The van der Waals surface area contributed by atoms with Crippen LogP contribution in [-0.4, -0.2) is 11.1 Å². The van der Waals surface area contributed by atoms with E-state index in [1.54, 1.807) is 6.92 Å². The molecule has 0 amide bonds. The van der Waals surface area contributed by atoms with Crippen LogP contribution in [0.15, 0.2) is 24.3 Å². The first-order valence-corrected chi connectivity index (χ1v) is 7.02. The van der Waals surface area contributed by atoms with E-state index in [0.29, 0.717) is 0 Å². The van der Waals surface area contributed by atoms with Crippen molar-refractivity contribution in [3.63, 3.8) is 0 Å². The van der Waals surface area contributed by atoms with Gasteiger partial charge in [-0.15, -0.1) is 0 Å². The summed E-state index contributed by atoms with van der Waals surface area (Å²) in [6, 6.07) is 7.99. The molecule has 0 spiro atoms. The predicted octanol–water partition coefficient (Wildman–Crippen LogP) is 4.39. The Hall–Kier alpha value is -0.630. The number of rotatable bonds is 7. The van der Waals surface area contributed by atoms with Gasteiger partial charge >= 0.3 is 0 Å². The van der Waals surface area contributed by atoms with Gasteiger partial charge in [0.2, 0.25) is 0 Å². The molecule has 0 aliphatic rings. The Labute approximate surface area is 106 Å². The minimum Gasteiger partial charge on any atom is -0.295 e. The van der Waals surface area contributed by atoms with Crippen molar-refractivity contribution in [2.24, 2.45) is 0 Å². The maximum Gasteiger partial charge on any atom is 0.159 e. The predicted molar refractivity (Wildman–Crippen MR) is 72.4 cm³/mol. The minimum atomic E-state index is 0.142. The summed E-state index contributed by atoms with van der Waals surface area (Å²) in [6.07, 6.45) is 6.23. The SMILES string of the molecule is CC(=O)c1ccc(CCCCCCBr)cc1. The molecule has 2 heteroatoms. The van der Waals surface area contributed by atoms with Gasteiger partial charge in [-0.25, -0.2) is 0 Å². The Bertz CT molecular complexity index is 316. The van der Waals surface area contributed by atoms with Gasteiger partial charge in [0.05, 0.1) is 0 Å². The monoisotopic (exact) mass is 282 g/mol. The molecule has 0 N–H and O–H groups in total. The number of unbranched alkanes of at least 4 members (excludes halogenated alkanes) is 3. The number of Topliss-reactive ketones (excluding diaryl/α,β-unsaturated/α-hetero) is 1. The van der Waals surface area contributed by atoms with Crippen LogP contribution in [0.3, 0.4) is 0 Å². The fourth-order valence-electron chi connectivity index (χ4n) is 1.68. The number of carbonyl (C=O) groups is 1. The second kappa shape index (κ2) is 7.61. The van der Waals surface area contributed by atoms with Gasteiger partial charge in [-0.3, -0.25) is 4.79 Å². The lowest BCUT2D eigenvalue weighted by atomic mass is 10.0. The number of halogens is 1. The molecule has 0 aliphatic heterocycles. The first-order chi connectivity index (χ1) is 7.74. The maximum atomic E-state index is 11.1. The molecule has 1 aromatic carbocycles. The number of alkyl halides is 1. The fraction of sp³-hybridized carbons (Fsp3) is 0.500. The third-order valence-corrected chi connectivity index (χ3v) is 3.27. The van der Waals surface area contributed by atoms with Crippen molar-refractivity contribution in [1.82, 2.24) is 0 Å². The molecule has 0 saturated carbocycles. The lowest BCUT2D eigenvalue weighted by molar-refractivity contribution is 0.101. The molecular weight excluding hydrogens is 264 g/mol. The molecule has 16 heavy (non-hydrogen) atoms. The number of hydrogen-bond acceptors (Lipinski definition) is 1. The van der Waals surface area contributed by atoms with Crippen molar-refractivity contribution in [2.75, 3.05) is 5.33 Å². The Balaban J connectivity index is 2.29. The zero-order chi connectivity index (χ0) is 11.8. The lowest BCUT2D eigenvalue weighted by Crippen LogP contribution is -1.92. The summed E-state index contributed by atoms with van der Waals surface area (Å²) in [6.45, 7) is 1.61. The van der Waals surface area contributed by atoms with Crippen LogP contribution >= 0.6 is 15.9 Å². The van der Waals surface area contributed by atoms with E-state index < -0.39 is 0 Å². The topological polar surface area (TPSA) is 17.1 Å².